The van der Waals surface area contributed by atoms with Crippen LogP contribution in [0.2, 0.25) is 10.0 Å². The van der Waals surface area contributed by atoms with Gasteiger partial charge in [0.2, 0.25) is 0 Å². The van der Waals surface area contributed by atoms with E-state index in [9.17, 15) is 0 Å². The Hall–Kier alpha value is -1.95. The summed E-state index contributed by atoms with van der Waals surface area (Å²) in [4.78, 5) is 9.60. The number of hydrogen-bond acceptors (Lipinski definition) is 5. The lowest BCUT2D eigenvalue weighted by Gasteiger charge is -2.13. The molecule has 0 bridgehead atoms. The number of fused-ring (bicyclic) bond motifs is 1. The third-order valence-electron chi connectivity index (χ3n) is 3.48. The average molecular weight is 376 g/mol. The molecule has 0 saturated heterocycles. The largest absolute Gasteiger partial charge is 0.443 e. The van der Waals surface area contributed by atoms with Crippen molar-refractivity contribution in [1.29, 1.82) is 0 Å². The third-order valence-corrected chi connectivity index (χ3v) is 5.07. The van der Waals surface area contributed by atoms with Gasteiger partial charge in [0, 0.05) is 11.1 Å². The van der Waals surface area contributed by atoms with E-state index in [-0.39, 0.29) is 5.50 Å². The number of nitrogens with one attached hydrogen (secondary N) is 1. The van der Waals surface area contributed by atoms with Gasteiger partial charge in [-0.25, -0.2) is 4.98 Å². The van der Waals surface area contributed by atoms with Gasteiger partial charge in [0.05, 0.1) is 15.7 Å². The first-order valence-corrected chi connectivity index (χ1v) is 8.78. The summed E-state index contributed by atoms with van der Waals surface area (Å²) in [5, 5.41) is 4.40. The first-order valence-electron chi connectivity index (χ1n) is 7.14. The van der Waals surface area contributed by atoms with E-state index < -0.39 is 0 Å². The summed E-state index contributed by atoms with van der Waals surface area (Å²) in [6, 6.07) is 11.3. The maximum Gasteiger partial charge on any atom is 0.181 e. The monoisotopic (exact) mass is 375 g/mol. The molecule has 1 aromatic heterocycles. The summed E-state index contributed by atoms with van der Waals surface area (Å²) >= 11 is 13.9. The predicted molar refractivity (Wildman–Crippen MR) is 102 cm³/mol. The van der Waals surface area contributed by atoms with Gasteiger partial charge in [-0.3, -0.25) is 4.99 Å². The highest BCUT2D eigenvalue weighted by atomic mass is 35.5. The van der Waals surface area contributed by atoms with Crippen molar-refractivity contribution in [3.05, 3.63) is 63.3 Å². The number of nitrogens with zero attached hydrogens (tertiary/aromatic N) is 2. The highest BCUT2D eigenvalue weighted by molar-refractivity contribution is 8.05. The van der Waals surface area contributed by atoms with Crippen LogP contribution in [0.1, 0.15) is 5.56 Å². The first-order chi connectivity index (χ1) is 11.7. The van der Waals surface area contributed by atoms with E-state index in [2.05, 4.69) is 15.3 Å². The van der Waals surface area contributed by atoms with Crippen LogP contribution in [0, 0.1) is 0 Å². The Morgan fingerprint density at radius 2 is 2.00 bits per heavy atom. The highest BCUT2D eigenvalue weighted by Gasteiger charge is 2.18. The van der Waals surface area contributed by atoms with Gasteiger partial charge in [0.15, 0.2) is 17.5 Å². The number of oxazole rings is 1. The fraction of sp³-hybridized carbons (Fsp3) is 0.0588. The van der Waals surface area contributed by atoms with E-state index in [1.165, 1.54) is 6.39 Å². The number of anilines is 1. The predicted octanol–water partition coefficient (Wildman–Crippen LogP) is 5.69. The Balaban J connectivity index is 1.51. The topological polar surface area (TPSA) is 50.4 Å². The van der Waals surface area contributed by atoms with Crippen molar-refractivity contribution in [1.82, 2.24) is 4.98 Å². The van der Waals surface area contributed by atoms with Crippen molar-refractivity contribution in [3.8, 4) is 0 Å². The molecule has 3 aromatic rings. The molecule has 4 rings (SSSR count). The van der Waals surface area contributed by atoms with Crippen LogP contribution in [0.5, 0.6) is 0 Å². The SMILES string of the molecule is Clc1cccc(Cl)c1NC1N=C/C(=C/c2ccc3ncoc3c2)S1. The molecule has 0 fully saturated rings. The van der Waals surface area contributed by atoms with E-state index in [4.69, 9.17) is 27.6 Å². The molecule has 4 nitrogen and oxygen atoms in total. The molecule has 2 aromatic carbocycles. The lowest BCUT2D eigenvalue weighted by atomic mass is 10.2. The molecule has 0 aliphatic carbocycles. The van der Waals surface area contributed by atoms with E-state index in [0.717, 1.165) is 21.6 Å². The number of allylic oxidation sites excluding steroid dienone is 1. The van der Waals surface area contributed by atoms with E-state index in [0.29, 0.717) is 15.7 Å². The highest BCUT2D eigenvalue weighted by Crippen LogP contribution is 2.35. The van der Waals surface area contributed by atoms with E-state index in [1.807, 2.05) is 36.6 Å². The number of aromatic nitrogens is 1. The molecule has 0 spiro atoms. The second-order valence-electron chi connectivity index (χ2n) is 5.12. The lowest BCUT2D eigenvalue weighted by Crippen LogP contribution is -2.10. The van der Waals surface area contributed by atoms with Gasteiger partial charge in [-0.05, 0) is 35.9 Å². The Labute approximate surface area is 152 Å². The van der Waals surface area contributed by atoms with Crippen LogP contribution in [0.25, 0.3) is 17.2 Å². The van der Waals surface area contributed by atoms with Gasteiger partial charge in [-0.15, -0.1) is 0 Å². The number of halogens is 2. The van der Waals surface area contributed by atoms with Crippen LogP contribution in [-0.2, 0) is 0 Å². The number of para-hydroxylation sites is 1. The fourth-order valence-electron chi connectivity index (χ4n) is 2.35. The van der Waals surface area contributed by atoms with Gasteiger partial charge < -0.3 is 9.73 Å². The molecule has 0 radical (unpaired) electrons. The molecule has 0 saturated carbocycles. The summed E-state index contributed by atoms with van der Waals surface area (Å²) in [5.74, 6) is 0. The zero-order valence-corrected chi connectivity index (χ0v) is 14.6. The molecule has 1 aliphatic rings. The third kappa shape index (κ3) is 3.15. The quantitative estimate of drug-likeness (QED) is 0.638. The normalized spacial score (nSPS) is 18.6. The molecule has 0 amide bonds. The second kappa shape index (κ2) is 6.51. The van der Waals surface area contributed by atoms with Gasteiger partial charge in [0.1, 0.15) is 5.52 Å². The Morgan fingerprint density at radius 1 is 1.17 bits per heavy atom. The maximum absolute atomic E-state index is 6.18. The Morgan fingerprint density at radius 3 is 2.83 bits per heavy atom. The molecule has 1 aliphatic heterocycles. The maximum atomic E-state index is 6.18. The van der Waals surface area contributed by atoms with Crippen molar-refractivity contribution in [2.24, 2.45) is 4.99 Å². The van der Waals surface area contributed by atoms with Crippen LogP contribution in [0.3, 0.4) is 0 Å². The fourth-order valence-corrected chi connectivity index (χ4v) is 3.74. The summed E-state index contributed by atoms with van der Waals surface area (Å²) in [6.07, 6.45) is 5.32. The summed E-state index contributed by atoms with van der Waals surface area (Å²) < 4.78 is 5.33. The average Bonchev–Trinajstić information content (AvgIpc) is 3.20. The minimum absolute atomic E-state index is 0.164. The zero-order chi connectivity index (χ0) is 16.5. The molecule has 1 N–H and O–H groups in total. The Kier molecular flexibility index (Phi) is 4.22. The van der Waals surface area contributed by atoms with Crippen LogP contribution in [0.4, 0.5) is 5.69 Å². The smallest absolute Gasteiger partial charge is 0.181 e. The Bertz CT molecular complexity index is 947. The molecular formula is C17H11Cl2N3OS. The van der Waals surface area contributed by atoms with Gasteiger partial charge in [-0.1, -0.05) is 47.1 Å². The minimum Gasteiger partial charge on any atom is -0.443 e. The van der Waals surface area contributed by atoms with E-state index in [1.54, 1.807) is 23.9 Å². The number of rotatable bonds is 3. The van der Waals surface area contributed by atoms with Crippen LogP contribution in [-0.4, -0.2) is 16.7 Å². The van der Waals surface area contributed by atoms with Gasteiger partial charge in [-0.2, -0.15) is 0 Å². The molecule has 2 heterocycles. The lowest BCUT2D eigenvalue weighted by molar-refractivity contribution is 0.602. The number of thioether (sulfide) groups is 1. The van der Waals surface area contributed by atoms with Crippen LogP contribution >= 0.6 is 35.0 Å². The molecule has 7 heteroatoms. The first kappa shape index (κ1) is 15.6. The molecular weight excluding hydrogens is 365 g/mol. The van der Waals surface area contributed by atoms with Crippen molar-refractivity contribution in [3.63, 3.8) is 0 Å². The number of benzene rings is 2. The zero-order valence-electron chi connectivity index (χ0n) is 12.2. The van der Waals surface area contributed by atoms with Crippen LogP contribution in [0.15, 0.2) is 57.1 Å². The van der Waals surface area contributed by atoms with Gasteiger partial charge in [0.25, 0.3) is 0 Å². The number of aliphatic imine (C=N–C) groups is 1. The molecule has 24 heavy (non-hydrogen) atoms. The second-order valence-corrected chi connectivity index (χ2v) is 7.08. The standard InChI is InChI=1S/C17H11Cl2N3OS/c18-12-2-1-3-13(19)16(12)22-17-20-8-11(24-17)6-10-4-5-14-15(7-10)23-9-21-14/h1-9,17,22H/b11-6-. The van der Waals surface area contributed by atoms with E-state index >= 15 is 0 Å². The summed E-state index contributed by atoms with van der Waals surface area (Å²) in [7, 11) is 0. The molecule has 1 atom stereocenters. The van der Waals surface area contributed by atoms with Crippen LogP contribution < -0.4 is 5.32 Å². The van der Waals surface area contributed by atoms with Crippen molar-refractivity contribution in [2.45, 2.75) is 5.50 Å². The molecule has 120 valence electrons. The number of hydrogen-bond donors (Lipinski definition) is 1. The van der Waals surface area contributed by atoms with Crippen molar-refractivity contribution >= 4 is 64.0 Å². The minimum atomic E-state index is -0.164. The van der Waals surface area contributed by atoms with Crippen molar-refractivity contribution < 1.29 is 4.42 Å². The molecule has 1 unspecified atom stereocenters. The summed E-state index contributed by atoms with van der Waals surface area (Å²) in [5.41, 5.74) is 3.17. The summed E-state index contributed by atoms with van der Waals surface area (Å²) in [6.45, 7) is 0. The van der Waals surface area contributed by atoms with Crippen molar-refractivity contribution in [2.75, 3.05) is 5.32 Å². The van der Waals surface area contributed by atoms with Gasteiger partial charge >= 0.3 is 0 Å².